The number of nitrogens with one attached hydrogen (secondary N) is 3. The molecule has 0 spiro atoms. The van der Waals surface area contributed by atoms with Gasteiger partial charge in [0.05, 0.1) is 5.56 Å². The summed E-state index contributed by atoms with van der Waals surface area (Å²) >= 11 is 0. The molecule has 0 aliphatic rings. The van der Waals surface area contributed by atoms with Crippen molar-refractivity contribution < 1.29 is 24.0 Å². The molecule has 0 heterocycles. The summed E-state index contributed by atoms with van der Waals surface area (Å²) in [6, 6.07) is 4.01. The number of carbonyl (C=O) groups is 5. The highest BCUT2D eigenvalue weighted by Gasteiger charge is 2.28. The summed E-state index contributed by atoms with van der Waals surface area (Å²) in [4.78, 5) is 59.3. The summed E-state index contributed by atoms with van der Waals surface area (Å²) in [5.41, 5.74) is 1.06. The van der Waals surface area contributed by atoms with Crippen molar-refractivity contribution in [2.75, 3.05) is 25.5 Å². The fourth-order valence-corrected chi connectivity index (χ4v) is 2.96. The van der Waals surface area contributed by atoms with E-state index in [9.17, 15) is 24.0 Å². The normalized spacial score (nSPS) is 11.2. The van der Waals surface area contributed by atoms with Gasteiger partial charge < -0.3 is 15.5 Å². The fraction of sp³-hybridized carbons (Fsp3) is 0.476. The van der Waals surface area contributed by atoms with Crippen molar-refractivity contribution in [2.24, 2.45) is 0 Å². The number of likely N-dealkylation sites (N-methyl/N-ethyl adjacent to an activating group) is 1. The lowest BCUT2D eigenvalue weighted by Gasteiger charge is -2.27. The van der Waals surface area contributed by atoms with Gasteiger partial charge >= 0.3 is 0 Å². The summed E-state index contributed by atoms with van der Waals surface area (Å²) in [7, 11) is 1.48. The molecule has 1 rings (SSSR count). The number of rotatable bonds is 13. The predicted octanol–water partition coefficient (Wildman–Crippen LogP) is 1.34. The Morgan fingerprint density at radius 3 is 2.43 bits per heavy atom. The molecule has 0 bridgehead atoms. The van der Waals surface area contributed by atoms with Gasteiger partial charge in [-0.3, -0.25) is 29.3 Å². The molecule has 1 atom stereocenters. The predicted molar refractivity (Wildman–Crippen MR) is 113 cm³/mol. The molecule has 1 aromatic carbocycles. The van der Waals surface area contributed by atoms with E-state index in [0.717, 1.165) is 12.8 Å². The zero-order chi connectivity index (χ0) is 22.5. The first-order valence-electron chi connectivity index (χ1n) is 9.94. The van der Waals surface area contributed by atoms with E-state index in [0.29, 0.717) is 37.9 Å². The molecule has 30 heavy (non-hydrogen) atoms. The van der Waals surface area contributed by atoms with E-state index >= 15 is 0 Å². The summed E-state index contributed by atoms with van der Waals surface area (Å²) in [6.07, 6.45) is 3.51. The molecule has 9 heteroatoms. The van der Waals surface area contributed by atoms with E-state index in [-0.39, 0.29) is 23.4 Å². The number of nitrogens with zero attached hydrogens (tertiary/aromatic N) is 1. The number of carbonyl (C=O) groups excluding carboxylic acids is 5. The van der Waals surface area contributed by atoms with Crippen molar-refractivity contribution in [1.29, 1.82) is 0 Å². The van der Waals surface area contributed by atoms with Crippen molar-refractivity contribution in [3.8, 4) is 0 Å². The van der Waals surface area contributed by atoms with Gasteiger partial charge in [0.1, 0.15) is 6.04 Å². The highest BCUT2D eigenvalue weighted by Crippen LogP contribution is 2.19. The van der Waals surface area contributed by atoms with Crippen LogP contribution in [0.2, 0.25) is 0 Å². The summed E-state index contributed by atoms with van der Waals surface area (Å²) in [6.45, 7) is 4.56. The number of hydrogen-bond donors (Lipinski definition) is 3. The Morgan fingerprint density at radius 1 is 1.13 bits per heavy atom. The minimum Gasteiger partial charge on any atom is -0.385 e. The number of aldehydes is 1. The van der Waals surface area contributed by atoms with Crippen LogP contribution in [0.3, 0.4) is 0 Å². The van der Waals surface area contributed by atoms with Gasteiger partial charge in [-0.2, -0.15) is 0 Å². The third-order valence-corrected chi connectivity index (χ3v) is 4.57. The third kappa shape index (κ3) is 7.65. The maximum Gasteiger partial charge on any atom is 0.255 e. The molecule has 0 saturated carbocycles. The Kier molecular flexibility index (Phi) is 10.8. The lowest BCUT2D eigenvalue weighted by molar-refractivity contribution is -0.129. The maximum absolute atomic E-state index is 13.0. The Morgan fingerprint density at radius 2 is 1.83 bits per heavy atom. The smallest absolute Gasteiger partial charge is 0.255 e. The van der Waals surface area contributed by atoms with Gasteiger partial charge in [0, 0.05) is 38.3 Å². The van der Waals surface area contributed by atoms with Crippen LogP contribution in [0.5, 0.6) is 0 Å². The Balaban J connectivity index is 2.89. The monoisotopic (exact) mass is 418 g/mol. The van der Waals surface area contributed by atoms with Crippen LogP contribution in [0.1, 0.15) is 60.2 Å². The molecule has 9 nitrogen and oxygen atoms in total. The zero-order valence-electron chi connectivity index (χ0n) is 17.7. The summed E-state index contributed by atoms with van der Waals surface area (Å²) in [5, 5.41) is 8.00. The number of imide groups is 1. The molecule has 0 fully saturated rings. The lowest BCUT2D eigenvalue weighted by atomic mass is 10.0. The van der Waals surface area contributed by atoms with Gasteiger partial charge in [0.15, 0.2) is 6.29 Å². The van der Waals surface area contributed by atoms with Crippen LogP contribution < -0.4 is 16.0 Å². The molecule has 0 aliphatic carbocycles. The molecular formula is C21H30N4O5. The molecule has 3 N–H and O–H groups in total. The number of unbranched alkanes of at least 4 members (excludes halogenated alkanes) is 1. The van der Waals surface area contributed by atoms with Crippen molar-refractivity contribution in [1.82, 2.24) is 15.5 Å². The van der Waals surface area contributed by atoms with E-state index in [2.05, 4.69) is 16.0 Å². The molecule has 4 amide bonds. The van der Waals surface area contributed by atoms with Crippen molar-refractivity contribution in [3.05, 3.63) is 29.3 Å². The topological polar surface area (TPSA) is 125 Å². The van der Waals surface area contributed by atoms with Crippen LogP contribution in [0.15, 0.2) is 18.2 Å². The highest BCUT2D eigenvalue weighted by atomic mass is 16.2. The molecule has 164 valence electrons. The van der Waals surface area contributed by atoms with Crippen LogP contribution in [-0.4, -0.2) is 61.5 Å². The number of anilines is 1. The second-order valence-corrected chi connectivity index (χ2v) is 6.88. The standard InChI is InChI=1S/C21H30N4O5/c1-4-7-19(20(29)24-14-27)25(3)21(30)18-12-17(9-8-16(18)13-26)23-11-6-5-10-22-15(2)28/h8-9,12-14,19,23H,4-7,10-11H2,1-3H3,(H,22,28)(H,24,27,29). The van der Waals surface area contributed by atoms with E-state index < -0.39 is 17.9 Å². The quantitative estimate of drug-likeness (QED) is 0.328. The molecule has 0 radical (unpaired) electrons. The second kappa shape index (κ2) is 13.1. The summed E-state index contributed by atoms with van der Waals surface area (Å²) < 4.78 is 0. The van der Waals surface area contributed by atoms with Gasteiger partial charge in [-0.1, -0.05) is 13.3 Å². The van der Waals surface area contributed by atoms with Gasteiger partial charge in [0.2, 0.25) is 18.2 Å². The first-order valence-corrected chi connectivity index (χ1v) is 9.94. The summed E-state index contributed by atoms with van der Waals surface area (Å²) in [5.74, 6) is -1.11. The van der Waals surface area contributed by atoms with Crippen molar-refractivity contribution in [3.63, 3.8) is 0 Å². The van der Waals surface area contributed by atoms with Gasteiger partial charge in [-0.25, -0.2) is 0 Å². The van der Waals surface area contributed by atoms with E-state index in [1.807, 2.05) is 6.92 Å². The molecule has 1 aromatic rings. The fourth-order valence-electron chi connectivity index (χ4n) is 2.96. The van der Waals surface area contributed by atoms with E-state index in [1.165, 1.54) is 18.9 Å². The molecular weight excluding hydrogens is 388 g/mol. The zero-order valence-corrected chi connectivity index (χ0v) is 17.7. The first kappa shape index (κ1) is 24.8. The lowest BCUT2D eigenvalue weighted by Crippen LogP contribution is -2.47. The molecule has 0 aromatic heterocycles. The number of hydrogen-bond acceptors (Lipinski definition) is 6. The van der Waals surface area contributed by atoms with E-state index in [4.69, 9.17) is 0 Å². The SMILES string of the molecule is CCCC(C(=O)NC=O)N(C)C(=O)c1cc(NCCCCNC(C)=O)ccc1C=O. The van der Waals surface area contributed by atoms with Crippen molar-refractivity contribution >= 4 is 36.1 Å². The molecule has 0 aliphatic heterocycles. The Bertz CT molecular complexity index is 766. The van der Waals surface area contributed by atoms with Crippen LogP contribution in [0.25, 0.3) is 0 Å². The van der Waals surface area contributed by atoms with Gasteiger partial charge in [-0.15, -0.1) is 0 Å². The minimum atomic E-state index is -0.822. The van der Waals surface area contributed by atoms with Crippen LogP contribution in [0.4, 0.5) is 5.69 Å². The molecule has 0 saturated heterocycles. The number of amides is 4. The average Bonchev–Trinajstić information content (AvgIpc) is 2.73. The maximum atomic E-state index is 13.0. The van der Waals surface area contributed by atoms with Crippen LogP contribution in [0, 0.1) is 0 Å². The van der Waals surface area contributed by atoms with Crippen LogP contribution in [-0.2, 0) is 14.4 Å². The number of benzene rings is 1. The van der Waals surface area contributed by atoms with E-state index in [1.54, 1.807) is 18.2 Å². The Labute approximate surface area is 176 Å². The Hall–Kier alpha value is -3.23. The third-order valence-electron chi connectivity index (χ3n) is 4.57. The largest absolute Gasteiger partial charge is 0.385 e. The van der Waals surface area contributed by atoms with Gasteiger partial charge in [-0.05, 0) is 37.5 Å². The van der Waals surface area contributed by atoms with Crippen LogP contribution >= 0.6 is 0 Å². The highest BCUT2D eigenvalue weighted by molar-refractivity contribution is 6.04. The van der Waals surface area contributed by atoms with Crippen molar-refractivity contribution in [2.45, 2.75) is 45.6 Å². The second-order valence-electron chi connectivity index (χ2n) is 6.88. The average molecular weight is 418 g/mol. The van der Waals surface area contributed by atoms with Gasteiger partial charge in [0.25, 0.3) is 5.91 Å². The molecule has 1 unspecified atom stereocenters. The minimum absolute atomic E-state index is 0.0668. The first-order chi connectivity index (χ1) is 14.3.